The summed E-state index contributed by atoms with van der Waals surface area (Å²) in [6.07, 6.45) is 1.51. The lowest BCUT2D eigenvalue weighted by Crippen LogP contribution is -2.43. The van der Waals surface area contributed by atoms with Gasteiger partial charge >= 0.3 is 0 Å². The summed E-state index contributed by atoms with van der Waals surface area (Å²) in [6, 6.07) is 10.8. The summed E-state index contributed by atoms with van der Waals surface area (Å²) in [5.41, 5.74) is 10.6. The molecule has 1 aliphatic heterocycles. The molecule has 9 nitrogen and oxygen atoms in total. The van der Waals surface area contributed by atoms with Crippen molar-refractivity contribution in [2.45, 2.75) is 25.9 Å². The van der Waals surface area contributed by atoms with E-state index in [1.54, 1.807) is 33.5 Å². The van der Waals surface area contributed by atoms with Gasteiger partial charge in [0.25, 0.3) is 5.91 Å². The van der Waals surface area contributed by atoms with Crippen molar-refractivity contribution in [2.24, 2.45) is 11.0 Å². The molecule has 3 unspecified atom stereocenters. The van der Waals surface area contributed by atoms with Crippen molar-refractivity contribution in [2.75, 3.05) is 27.9 Å². The lowest BCUT2D eigenvalue weighted by Gasteiger charge is -2.18. The zero-order chi connectivity index (χ0) is 23.1. The smallest absolute Gasteiger partial charge is 0.258 e. The number of hydrazone groups is 1. The number of carbonyl (C=O) groups is 1. The molecule has 3 atom stereocenters. The number of ether oxygens (including phenoxy) is 4. The van der Waals surface area contributed by atoms with E-state index in [-0.39, 0.29) is 17.9 Å². The lowest BCUT2D eigenvalue weighted by atomic mass is 9.91. The minimum Gasteiger partial charge on any atom is -0.496 e. The molecule has 1 heterocycles. The normalized spacial score (nSPS) is 20.2. The minimum absolute atomic E-state index is 0.00115. The van der Waals surface area contributed by atoms with Crippen molar-refractivity contribution in [3.63, 3.8) is 0 Å². The van der Waals surface area contributed by atoms with Gasteiger partial charge in [-0.05, 0) is 30.7 Å². The Morgan fingerprint density at radius 3 is 2.31 bits per heavy atom. The average Bonchev–Trinajstić information content (AvgIpc) is 3.20. The lowest BCUT2D eigenvalue weighted by molar-refractivity contribution is -0.123. The van der Waals surface area contributed by atoms with Gasteiger partial charge in [0, 0.05) is 17.5 Å². The second-order valence-corrected chi connectivity index (χ2v) is 7.29. The van der Waals surface area contributed by atoms with Gasteiger partial charge in [-0.15, -0.1) is 0 Å². The molecule has 1 fully saturated rings. The molecule has 2 aromatic rings. The summed E-state index contributed by atoms with van der Waals surface area (Å²) in [5.74, 6) is 2.21. The predicted octanol–water partition coefficient (Wildman–Crippen LogP) is 2.42. The molecule has 3 rings (SSSR count). The third-order valence-corrected chi connectivity index (χ3v) is 5.39. The summed E-state index contributed by atoms with van der Waals surface area (Å²) < 4.78 is 21.5. The molecule has 0 spiro atoms. The highest BCUT2D eigenvalue weighted by Crippen LogP contribution is 2.34. The van der Waals surface area contributed by atoms with Crippen LogP contribution < -0.4 is 35.2 Å². The molecule has 1 amide bonds. The van der Waals surface area contributed by atoms with Crippen molar-refractivity contribution in [1.29, 1.82) is 0 Å². The highest BCUT2D eigenvalue weighted by Gasteiger charge is 2.37. The minimum atomic E-state index is -0.448. The number of benzene rings is 2. The maximum atomic E-state index is 12.7. The molecule has 9 heteroatoms. The second kappa shape index (κ2) is 10.8. The number of hydrogen-bond acceptors (Lipinski definition) is 8. The van der Waals surface area contributed by atoms with Crippen LogP contribution in [0.5, 0.6) is 23.0 Å². The summed E-state index contributed by atoms with van der Waals surface area (Å²) in [4.78, 5) is 12.7. The maximum Gasteiger partial charge on any atom is 0.258 e. The Morgan fingerprint density at radius 1 is 1.03 bits per heavy atom. The number of hydrogen-bond donors (Lipinski definition) is 3. The van der Waals surface area contributed by atoms with E-state index >= 15 is 0 Å². The molecule has 0 aromatic heterocycles. The van der Waals surface area contributed by atoms with E-state index in [4.69, 9.17) is 18.9 Å². The summed E-state index contributed by atoms with van der Waals surface area (Å²) in [7, 11) is 4.65. The number of methoxy groups -OCH3 is 3. The highest BCUT2D eigenvalue weighted by atomic mass is 16.5. The van der Waals surface area contributed by atoms with Crippen LogP contribution >= 0.6 is 0 Å². The Bertz CT molecular complexity index is 948. The summed E-state index contributed by atoms with van der Waals surface area (Å²) in [6.45, 7) is 4.59. The molecule has 0 radical (unpaired) electrons. The zero-order valence-electron chi connectivity index (χ0n) is 19.0. The van der Waals surface area contributed by atoms with Crippen LogP contribution in [0, 0.1) is 5.92 Å². The first kappa shape index (κ1) is 23.4. The number of nitrogens with one attached hydrogen (secondary N) is 3. The second-order valence-electron chi connectivity index (χ2n) is 7.29. The summed E-state index contributed by atoms with van der Waals surface area (Å²) >= 11 is 0. The van der Waals surface area contributed by atoms with Crippen molar-refractivity contribution in [3.8, 4) is 23.0 Å². The van der Waals surface area contributed by atoms with Gasteiger partial charge in [-0.25, -0.2) is 16.3 Å². The van der Waals surface area contributed by atoms with Crippen LogP contribution in [0.3, 0.4) is 0 Å². The van der Waals surface area contributed by atoms with Gasteiger partial charge in [-0.2, -0.15) is 5.10 Å². The van der Waals surface area contributed by atoms with Gasteiger partial charge in [0.05, 0.1) is 40.2 Å². The third kappa shape index (κ3) is 5.12. The third-order valence-electron chi connectivity index (χ3n) is 5.39. The molecule has 1 saturated heterocycles. The van der Waals surface area contributed by atoms with Gasteiger partial charge in [0.2, 0.25) is 0 Å². The van der Waals surface area contributed by atoms with Gasteiger partial charge in [0.15, 0.2) is 11.5 Å². The van der Waals surface area contributed by atoms with Gasteiger partial charge in [-0.1, -0.05) is 19.1 Å². The molecular weight excluding hydrogens is 412 g/mol. The van der Waals surface area contributed by atoms with Gasteiger partial charge in [0.1, 0.15) is 17.5 Å². The molecule has 172 valence electrons. The van der Waals surface area contributed by atoms with Crippen LogP contribution in [-0.2, 0) is 4.79 Å². The molecule has 0 saturated carbocycles. The van der Waals surface area contributed by atoms with Crippen LogP contribution in [0.2, 0.25) is 0 Å². The monoisotopic (exact) mass is 442 g/mol. The Morgan fingerprint density at radius 2 is 1.69 bits per heavy atom. The van der Waals surface area contributed by atoms with E-state index in [2.05, 4.69) is 21.4 Å². The van der Waals surface area contributed by atoms with E-state index in [1.807, 2.05) is 38.1 Å². The molecular formula is C23H30N4O5. The van der Waals surface area contributed by atoms with Crippen LogP contribution in [0.25, 0.3) is 0 Å². The number of nitrogens with zero attached hydrogens (tertiary/aromatic N) is 1. The fourth-order valence-corrected chi connectivity index (χ4v) is 3.65. The van der Waals surface area contributed by atoms with Crippen molar-refractivity contribution in [1.82, 2.24) is 16.3 Å². The fourth-order valence-electron chi connectivity index (χ4n) is 3.65. The number of rotatable bonds is 9. The largest absolute Gasteiger partial charge is 0.496 e. The standard InChI is InChI=1S/C23H30N4O5/c1-6-32-17-9-7-15(8-10-17)21-14(2)22(26-25-21)23(28)27-24-13-16-11-19(30-4)20(31-5)12-18(16)29-3/h7-14,21-22,25-26H,6H2,1-5H3,(H,27,28)/b24-13+. The van der Waals surface area contributed by atoms with Crippen molar-refractivity contribution in [3.05, 3.63) is 47.5 Å². The van der Waals surface area contributed by atoms with Crippen LogP contribution in [0.1, 0.15) is 31.0 Å². The van der Waals surface area contributed by atoms with E-state index in [0.717, 1.165) is 11.3 Å². The molecule has 3 N–H and O–H groups in total. The zero-order valence-corrected chi connectivity index (χ0v) is 19.0. The first-order valence-electron chi connectivity index (χ1n) is 10.4. The molecule has 0 bridgehead atoms. The number of hydrazine groups is 1. The Balaban J connectivity index is 1.64. The Labute approximate surface area is 188 Å². The van der Waals surface area contributed by atoms with Crippen molar-refractivity contribution >= 4 is 12.1 Å². The van der Waals surface area contributed by atoms with Crippen LogP contribution in [0.15, 0.2) is 41.5 Å². The summed E-state index contributed by atoms with van der Waals surface area (Å²) in [5, 5.41) is 4.10. The van der Waals surface area contributed by atoms with Gasteiger partial charge < -0.3 is 18.9 Å². The number of carbonyl (C=O) groups excluding carboxylic acids is 1. The van der Waals surface area contributed by atoms with Crippen LogP contribution in [0.4, 0.5) is 0 Å². The quantitative estimate of drug-likeness (QED) is 0.405. The first-order valence-corrected chi connectivity index (χ1v) is 10.4. The molecule has 2 aromatic carbocycles. The van der Waals surface area contributed by atoms with Crippen LogP contribution in [-0.4, -0.2) is 46.1 Å². The van der Waals surface area contributed by atoms with Crippen molar-refractivity contribution < 1.29 is 23.7 Å². The van der Waals surface area contributed by atoms with E-state index in [0.29, 0.717) is 29.4 Å². The maximum absolute atomic E-state index is 12.7. The highest BCUT2D eigenvalue weighted by molar-refractivity contribution is 5.88. The predicted molar refractivity (Wildman–Crippen MR) is 121 cm³/mol. The molecule has 1 aliphatic rings. The van der Waals surface area contributed by atoms with E-state index < -0.39 is 6.04 Å². The van der Waals surface area contributed by atoms with E-state index in [1.165, 1.54) is 6.21 Å². The first-order chi connectivity index (χ1) is 15.5. The molecule has 32 heavy (non-hydrogen) atoms. The average molecular weight is 443 g/mol. The van der Waals surface area contributed by atoms with E-state index in [9.17, 15) is 4.79 Å². The topological polar surface area (TPSA) is 102 Å². The fraction of sp³-hybridized carbons (Fsp3) is 0.391. The Hall–Kier alpha value is -3.30. The SMILES string of the molecule is CCOc1ccc(C2NNC(C(=O)N/N=C/c3cc(OC)c(OC)cc3OC)C2C)cc1. The number of amides is 1. The Kier molecular flexibility index (Phi) is 7.91. The van der Waals surface area contributed by atoms with Gasteiger partial charge in [-0.3, -0.25) is 4.79 Å². The molecule has 0 aliphatic carbocycles.